The zero-order valence-corrected chi connectivity index (χ0v) is 10.6. The molecule has 1 aliphatic heterocycles. The third kappa shape index (κ3) is 3.61. The van der Waals surface area contributed by atoms with Gasteiger partial charge in [-0.15, -0.1) is 0 Å². The molecule has 0 radical (unpaired) electrons. The highest BCUT2D eigenvalue weighted by molar-refractivity contribution is 5.76. The van der Waals surface area contributed by atoms with Gasteiger partial charge >= 0.3 is 12.0 Å². The summed E-state index contributed by atoms with van der Waals surface area (Å²) in [5.74, 6) is -1.33. The zero-order valence-electron chi connectivity index (χ0n) is 10.6. The second kappa shape index (κ2) is 6.47. The van der Waals surface area contributed by atoms with Crippen LogP contribution in [0.1, 0.15) is 39.5 Å². The van der Waals surface area contributed by atoms with Gasteiger partial charge < -0.3 is 15.3 Å². The van der Waals surface area contributed by atoms with Gasteiger partial charge in [0.25, 0.3) is 0 Å². The third-order valence-corrected chi connectivity index (χ3v) is 3.45. The van der Waals surface area contributed by atoms with Crippen LogP contribution in [-0.2, 0) is 4.79 Å². The van der Waals surface area contributed by atoms with Crippen LogP contribution >= 0.6 is 0 Å². The first-order valence-corrected chi connectivity index (χ1v) is 6.37. The molecule has 2 unspecified atom stereocenters. The minimum absolute atomic E-state index is 0.117. The molecule has 2 atom stereocenters. The lowest BCUT2D eigenvalue weighted by molar-refractivity contribution is -0.141. The van der Waals surface area contributed by atoms with Crippen molar-refractivity contribution in [1.82, 2.24) is 10.2 Å². The zero-order chi connectivity index (χ0) is 12.8. The normalized spacial score (nSPS) is 21.3. The van der Waals surface area contributed by atoms with Gasteiger partial charge in [0, 0.05) is 19.1 Å². The molecule has 0 aromatic rings. The van der Waals surface area contributed by atoms with Gasteiger partial charge in [0.1, 0.15) is 0 Å². The summed E-state index contributed by atoms with van der Waals surface area (Å²) < 4.78 is 0. The van der Waals surface area contributed by atoms with Crippen molar-refractivity contribution >= 4 is 12.0 Å². The predicted molar refractivity (Wildman–Crippen MR) is 64.8 cm³/mol. The number of aliphatic carboxylic acids is 1. The summed E-state index contributed by atoms with van der Waals surface area (Å²) in [6.07, 6.45) is 3.60. The SMILES string of the molecule is CCC(CNC(=O)N1CCCC1CC)C(=O)O. The smallest absolute Gasteiger partial charge is 0.317 e. The number of likely N-dealkylation sites (tertiary alicyclic amines) is 1. The molecule has 1 fully saturated rings. The van der Waals surface area contributed by atoms with E-state index in [4.69, 9.17) is 5.11 Å². The number of hydrogen-bond donors (Lipinski definition) is 2. The second-order valence-corrected chi connectivity index (χ2v) is 4.53. The number of carboxylic acids is 1. The van der Waals surface area contributed by atoms with E-state index in [-0.39, 0.29) is 12.6 Å². The highest BCUT2D eigenvalue weighted by Gasteiger charge is 2.27. The Hall–Kier alpha value is -1.26. The Morgan fingerprint density at radius 1 is 1.47 bits per heavy atom. The maximum Gasteiger partial charge on any atom is 0.317 e. The topological polar surface area (TPSA) is 69.6 Å². The summed E-state index contributed by atoms with van der Waals surface area (Å²) >= 11 is 0. The molecule has 1 rings (SSSR count). The van der Waals surface area contributed by atoms with E-state index >= 15 is 0 Å². The number of hydrogen-bond acceptors (Lipinski definition) is 2. The summed E-state index contributed by atoms with van der Waals surface area (Å²) in [6, 6.07) is 0.203. The summed E-state index contributed by atoms with van der Waals surface area (Å²) in [7, 11) is 0. The Morgan fingerprint density at radius 2 is 2.18 bits per heavy atom. The van der Waals surface area contributed by atoms with E-state index in [1.807, 2.05) is 11.8 Å². The monoisotopic (exact) mass is 242 g/mol. The molecule has 98 valence electrons. The summed E-state index contributed by atoms with van der Waals surface area (Å²) in [4.78, 5) is 24.5. The van der Waals surface area contributed by atoms with E-state index < -0.39 is 11.9 Å². The van der Waals surface area contributed by atoms with Gasteiger partial charge in [-0.1, -0.05) is 13.8 Å². The van der Waals surface area contributed by atoms with Crippen molar-refractivity contribution in [2.75, 3.05) is 13.1 Å². The summed E-state index contributed by atoms with van der Waals surface area (Å²) in [6.45, 7) is 4.89. The molecule has 0 spiro atoms. The van der Waals surface area contributed by atoms with Crippen LogP contribution in [0.5, 0.6) is 0 Å². The number of urea groups is 1. The van der Waals surface area contributed by atoms with Gasteiger partial charge in [-0.05, 0) is 25.7 Å². The molecule has 1 aliphatic rings. The van der Waals surface area contributed by atoms with Crippen molar-refractivity contribution in [3.8, 4) is 0 Å². The van der Waals surface area contributed by atoms with Crippen molar-refractivity contribution in [1.29, 1.82) is 0 Å². The van der Waals surface area contributed by atoms with Gasteiger partial charge in [0.15, 0.2) is 0 Å². The minimum atomic E-state index is -0.846. The maximum atomic E-state index is 11.9. The number of carbonyl (C=O) groups is 2. The first-order chi connectivity index (χ1) is 8.10. The van der Waals surface area contributed by atoms with Crippen molar-refractivity contribution in [2.45, 2.75) is 45.6 Å². The number of amides is 2. The lowest BCUT2D eigenvalue weighted by atomic mass is 10.1. The maximum absolute atomic E-state index is 11.9. The number of nitrogens with one attached hydrogen (secondary N) is 1. The highest BCUT2D eigenvalue weighted by atomic mass is 16.4. The fourth-order valence-electron chi connectivity index (χ4n) is 2.25. The van der Waals surface area contributed by atoms with Crippen molar-refractivity contribution < 1.29 is 14.7 Å². The molecular formula is C12H22N2O3. The van der Waals surface area contributed by atoms with Crippen LogP contribution in [0.15, 0.2) is 0 Å². The van der Waals surface area contributed by atoms with Crippen LogP contribution in [0.2, 0.25) is 0 Å². The van der Waals surface area contributed by atoms with Crippen LogP contribution in [0.4, 0.5) is 4.79 Å². The average Bonchev–Trinajstić information content (AvgIpc) is 2.77. The first-order valence-electron chi connectivity index (χ1n) is 6.37. The fourth-order valence-corrected chi connectivity index (χ4v) is 2.25. The van der Waals surface area contributed by atoms with Crippen molar-refractivity contribution in [2.24, 2.45) is 5.92 Å². The molecule has 2 N–H and O–H groups in total. The predicted octanol–water partition coefficient (Wildman–Crippen LogP) is 1.68. The summed E-state index contributed by atoms with van der Waals surface area (Å²) in [5.41, 5.74) is 0. The third-order valence-electron chi connectivity index (χ3n) is 3.45. The number of nitrogens with zero attached hydrogens (tertiary/aromatic N) is 1. The molecule has 0 bridgehead atoms. The number of rotatable bonds is 5. The molecule has 17 heavy (non-hydrogen) atoms. The molecular weight excluding hydrogens is 220 g/mol. The Bertz CT molecular complexity index is 281. The Kier molecular flexibility index (Phi) is 5.25. The van der Waals surface area contributed by atoms with E-state index in [0.29, 0.717) is 12.5 Å². The molecule has 2 amide bonds. The van der Waals surface area contributed by atoms with Gasteiger partial charge in [0.2, 0.25) is 0 Å². The largest absolute Gasteiger partial charge is 0.481 e. The van der Waals surface area contributed by atoms with Gasteiger partial charge in [-0.3, -0.25) is 4.79 Å². The summed E-state index contributed by atoms with van der Waals surface area (Å²) in [5, 5.41) is 11.6. The molecule has 0 aromatic heterocycles. The Balaban J connectivity index is 2.41. The van der Waals surface area contributed by atoms with Gasteiger partial charge in [-0.25, -0.2) is 4.79 Å². The van der Waals surface area contributed by atoms with Crippen LogP contribution in [0, 0.1) is 5.92 Å². The molecule has 0 aliphatic carbocycles. The van der Waals surface area contributed by atoms with Crippen molar-refractivity contribution in [3.63, 3.8) is 0 Å². The lowest BCUT2D eigenvalue weighted by Gasteiger charge is -2.24. The van der Waals surface area contributed by atoms with Crippen LogP contribution < -0.4 is 5.32 Å². The average molecular weight is 242 g/mol. The molecule has 0 aromatic carbocycles. The molecule has 1 saturated heterocycles. The molecule has 5 nitrogen and oxygen atoms in total. The Labute approximate surface area is 102 Å². The molecule has 0 saturated carbocycles. The minimum Gasteiger partial charge on any atom is -0.481 e. The lowest BCUT2D eigenvalue weighted by Crippen LogP contribution is -2.44. The van der Waals surface area contributed by atoms with E-state index in [2.05, 4.69) is 12.2 Å². The molecule has 5 heteroatoms. The van der Waals surface area contributed by atoms with Gasteiger partial charge in [-0.2, -0.15) is 0 Å². The quantitative estimate of drug-likeness (QED) is 0.770. The number of carboxylic acid groups (broad SMARTS) is 1. The molecule has 1 heterocycles. The van der Waals surface area contributed by atoms with E-state index in [9.17, 15) is 9.59 Å². The first kappa shape index (κ1) is 13.8. The van der Waals surface area contributed by atoms with E-state index in [1.165, 1.54) is 0 Å². The standard InChI is InChI=1S/C12H22N2O3/c1-3-9(11(15)16)8-13-12(17)14-7-5-6-10(14)4-2/h9-10H,3-8H2,1-2H3,(H,13,17)(H,15,16). The van der Waals surface area contributed by atoms with Crippen LogP contribution in [0.25, 0.3) is 0 Å². The van der Waals surface area contributed by atoms with Crippen LogP contribution in [0.3, 0.4) is 0 Å². The Morgan fingerprint density at radius 3 is 2.71 bits per heavy atom. The van der Waals surface area contributed by atoms with E-state index in [0.717, 1.165) is 25.8 Å². The van der Waals surface area contributed by atoms with Crippen molar-refractivity contribution in [3.05, 3.63) is 0 Å². The number of carbonyl (C=O) groups excluding carboxylic acids is 1. The van der Waals surface area contributed by atoms with E-state index in [1.54, 1.807) is 0 Å². The second-order valence-electron chi connectivity index (χ2n) is 4.53. The van der Waals surface area contributed by atoms with Crippen LogP contribution in [-0.4, -0.2) is 41.1 Å². The highest BCUT2D eigenvalue weighted by Crippen LogP contribution is 2.19. The fraction of sp³-hybridized carbons (Fsp3) is 0.833. The van der Waals surface area contributed by atoms with Gasteiger partial charge in [0.05, 0.1) is 5.92 Å².